The van der Waals surface area contributed by atoms with Crippen LogP contribution in [0.1, 0.15) is 29.3 Å². The number of halogens is 4. The fourth-order valence-electron chi connectivity index (χ4n) is 4.36. The van der Waals surface area contributed by atoms with Gasteiger partial charge in [0, 0.05) is 11.1 Å². The van der Waals surface area contributed by atoms with E-state index in [1.807, 2.05) is 37.3 Å². The van der Waals surface area contributed by atoms with Gasteiger partial charge in [0.2, 0.25) is 5.91 Å². The number of carbonyl (C=O) groups is 1. The predicted molar refractivity (Wildman–Crippen MR) is 170 cm³/mol. The van der Waals surface area contributed by atoms with Gasteiger partial charge >= 0.3 is 6.18 Å². The molecular weight excluding hydrogens is 657 g/mol. The van der Waals surface area contributed by atoms with Crippen LogP contribution in [-0.4, -0.2) is 23.7 Å². The number of aromatic nitrogens is 1. The zero-order chi connectivity index (χ0) is 31.1. The number of benzene rings is 4. The number of thiazole rings is 1. The van der Waals surface area contributed by atoms with Gasteiger partial charge in [-0.15, -0.1) is 11.3 Å². The Morgan fingerprint density at radius 3 is 2.66 bits per heavy atom. The second kappa shape index (κ2) is 13.9. The van der Waals surface area contributed by atoms with Gasteiger partial charge in [0.15, 0.2) is 16.6 Å². The number of rotatable bonds is 11. The third-order valence-corrected chi connectivity index (χ3v) is 7.72. The molecular formula is C32H26BrF3N4O3S. The molecule has 0 radical (unpaired) electrons. The number of anilines is 2. The number of fused-ring (bicyclic) bond motifs is 1. The molecule has 0 atom stereocenters. The largest absolute Gasteiger partial charge is 0.490 e. The summed E-state index contributed by atoms with van der Waals surface area (Å²) in [5.41, 5.74) is 4.12. The first-order chi connectivity index (χ1) is 21.2. The van der Waals surface area contributed by atoms with Gasteiger partial charge in [-0.05, 0) is 75.1 Å². The number of amides is 1. The third kappa shape index (κ3) is 7.94. The van der Waals surface area contributed by atoms with Crippen molar-refractivity contribution < 1.29 is 27.4 Å². The monoisotopic (exact) mass is 682 g/mol. The summed E-state index contributed by atoms with van der Waals surface area (Å²) in [5, 5.41) is 11.2. The molecule has 0 unspecified atom stereocenters. The number of hydrogen-bond donors (Lipinski definition) is 2. The first-order valence-electron chi connectivity index (χ1n) is 13.5. The van der Waals surface area contributed by atoms with Crippen LogP contribution in [0.4, 0.5) is 24.0 Å². The first-order valence-corrected chi connectivity index (χ1v) is 15.1. The maximum Gasteiger partial charge on any atom is 0.416 e. The zero-order valence-electron chi connectivity index (χ0n) is 23.3. The number of hydrogen-bond acceptors (Lipinski definition) is 7. The van der Waals surface area contributed by atoms with Crippen LogP contribution in [0, 0.1) is 0 Å². The van der Waals surface area contributed by atoms with Crippen molar-refractivity contribution in [1.82, 2.24) is 10.4 Å². The SMILES string of the molecule is CCOc1cc(/C=N\NC(=O)Cc2csc(Nc3cccc(C(F)(F)F)c3)n2)cc(Br)c1OCc1cccc2ccccc12. The standard InChI is InChI=1S/C32H26BrF3N4O3S/c1-2-42-28-14-20(13-27(33)30(28)43-18-22-9-5-8-21-7-3-4-12-26(21)22)17-37-40-29(41)16-25-19-44-31(39-25)38-24-11-6-10-23(15-24)32(34,35)36/h3-15,17,19H,2,16,18H2,1H3,(H,38,39)(H,40,41)/b37-17-. The Balaban J connectivity index is 1.19. The number of hydrazone groups is 1. The van der Waals surface area contributed by atoms with Crippen LogP contribution in [0.2, 0.25) is 0 Å². The molecule has 5 aromatic rings. The zero-order valence-corrected chi connectivity index (χ0v) is 25.7. The summed E-state index contributed by atoms with van der Waals surface area (Å²) in [6.45, 7) is 2.65. The molecule has 1 aromatic heterocycles. The lowest BCUT2D eigenvalue weighted by atomic mass is 10.1. The molecule has 2 N–H and O–H groups in total. The summed E-state index contributed by atoms with van der Waals surface area (Å²) in [4.78, 5) is 16.8. The Labute approximate surface area is 263 Å². The summed E-state index contributed by atoms with van der Waals surface area (Å²) in [7, 11) is 0. The summed E-state index contributed by atoms with van der Waals surface area (Å²) in [6, 6.07) is 22.6. The lowest BCUT2D eigenvalue weighted by Crippen LogP contribution is -2.20. The van der Waals surface area contributed by atoms with E-state index in [9.17, 15) is 18.0 Å². The van der Waals surface area contributed by atoms with Gasteiger partial charge in [0.1, 0.15) is 6.61 Å². The molecule has 226 valence electrons. The van der Waals surface area contributed by atoms with Crippen molar-refractivity contribution in [3.63, 3.8) is 0 Å². The van der Waals surface area contributed by atoms with Gasteiger partial charge in [-0.2, -0.15) is 18.3 Å². The molecule has 0 bridgehead atoms. The second-order valence-electron chi connectivity index (χ2n) is 9.51. The molecule has 0 aliphatic rings. The van der Waals surface area contributed by atoms with E-state index in [4.69, 9.17) is 9.47 Å². The highest BCUT2D eigenvalue weighted by atomic mass is 79.9. The molecule has 1 heterocycles. The van der Waals surface area contributed by atoms with Crippen molar-refractivity contribution in [2.45, 2.75) is 26.1 Å². The molecule has 44 heavy (non-hydrogen) atoms. The lowest BCUT2D eigenvalue weighted by Gasteiger charge is -2.15. The molecule has 0 saturated carbocycles. The molecule has 0 aliphatic heterocycles. The summed E-state index contributed by atoms with van der Waals surface area (Å²) in [5.74, 6) is 0.675. The number of carbonyl (C=O) groups excluding carboxylic acids is 1. The van der Waals surface area contributed by atoms with Crippen molar-refractivity contribution in [3.05, 3.63) is 111 Å². The van der Waals surface area contributed by atoms with E-state index >= 15 is 0 Å². The Kier molecular flexibility index (Phi) is 9.81. The molecule has 4 aromatic carbocycles. The van der Waals surface area contributed by atoms with E-state index in [0.29, 0.717) is 45.6 Å². The van der Waals surface area contributed by atoms with Crippen LogP contribution in [0.3, 0.4) is 0 Å². The average molecular weight is 684 g/mol. The number of ether oxygens (including phenoxy) is 2. The summed E-state index contributed by atoms with van der Waals surface area (Å²) < 4.78 is 51.6. The fraction of sp³-hybridized carbons (Fsp3) is 0.156. The van der Waals surface area contributed by atoms with Crippen LogP contribution in [0.15, 0.2) is 93.8 Å². The van der Waals surface area contributed by atoms with Gasteiger partial charge in [0.25, 0.3) is 0 Å². The van der Waals surface area contributed by atoms with Crippen LogP contribution < -0.4 is 20.2 Å². The van der Waals surface area contributed by atoms with Crippen LogP contribution in [0.5, 0.6) is 11.5 Å². The number of nitrogens with one attached hydrogen (secondary N) is 2. The van der Waals surface area contributed by atoms with Crippen LogP contribution >= 0.6 is 27.3 Å². The average Bonchev–Trinajstić information content (AvgIpc) is 3.43. The molecule has 0 saturated heterocycles. The van der Waals surface area contributed by atoms with Crippen molar-refractivity contribution in [2.24, 2.45) is 5.10 Å². The van der Waals surface area contributed by atoms with E-state index < -0.39 is 17.6 Å². The van der Waals surface area contributed by atoms with Crippen molar-refractivity contribution >= 4 is 61.0 Å². The second-order valence-corrected chi connectivity index (χ2v) is 11.2. The molecule has 7 nitrogen and oxygen atoms in total. The van der Waals surface area contributed by atoms with Gasteiger partial charge < -0.3 is 14.8 Å². The van der Waals surface area contributed by atoms with E-state index in [1.165, 1.54) is 29.7 Å². The Hall–Kier alpha value is -4.42. The molecule has 5 rings (SSSR count). The van der Waals surface area contributed by atoms with Gasteiger partial charge in [-0.3, -0.25) is 4.79 Å². The van der Waals surface area contributed by atoms with E-state index in [-0.39, 0.29) is 12.1 Å². The van der Waals surface area contributed by atoms with Crippen molar-refractivity contribution in [2.75, 3.05) is 11.9 Å². The maximum absolute atomic E-state index is 13.0. The minimum absolute atomic E-state index is 0.0626. The summed E-state index contributed by atoms with van der Waals surface area (Å²) >= 11 is 4.75. The highest BCUT2D eigenvalue weighted by molar-refractivity contribution is 9.10. The molecule has 0 fully saturated rings. The maximum atomic E-state index is 13.0. The smallest absolute Gasteiger partial charge is 0.416 e. The quantitative estimate of drug-likeness (QED) is 0.108. The van der Waals surface area contributed by atoms with Gasteiger partial charge in [-0.25, -0.2) is 10.4 Å². The molecule has 12 heteroatoms. The van der Waals surface area contributed by atoms with Crippen molar-refractivity contribution in [1.29, 1.82) is 0 Å². The normalized spacial score (nSPS) is 11.6. The van der Waals surface area contributed by atoms with E-state index in [1.54, 1.807) is 11.4 Å². The third-order valence-electron chi connectivity index (χ3n) is 6.32. The lowest BCUT2D eigenvalue weighted by molar-refractivity contribution is -0.137. The van der Waals surface area contributed by atoms with E-state index in [2.05, 4.69) is 55.0 Å². The van der Waals surface area contributed by atoms with E-state index in [0.717, 1.165) is 28.5 Å². The molecule has 0 spiro atoms. The Bertz CT molecular complexity index is 1800. The highest BCUT2D eigenvalue weighted by Gasteiger charge is 2.30. The minimum atomic E-state index is -4.45. The fourth-order valence-corrected chi connectivity index (χ4v) is 5.66. The van der Waals surface area contributed by atoms with Crippen LogP contribution in [0.25, 0.3) is 10.8 Å². The number of nitrogens with zero attached hydrogens (tertiary/aromatic N) is 2. The molecule has 0 aliphatic carbocycles. The topological polar surface area (TPSA) is 84.8 Å². The van der Waals surface area contributed by atoms with Crippen molar-refractivity contribution in [3.8, 4) is 11.5 Å². The number of alkyl halides is 3. The summed E-state index contributed by atoms with van der Waals surface area (Å²) in [6.07, 6.45) is -3.02. The molecule has 1 amide bonds. The van der Waals surface area contributed by atoms with Gasteiger partial charge in [0.05, 0.1) is 35.0 Å². The first kappa shape index (κ1) is 31.0. The minimum Gasteiger partial charge on any atom is -0.490 e. The Morgan fingerprint density at radius 2 is 1.84 bits per heavy atom. The van der Waals surface area contributed by atoms with Gasteiger partial charge in [-0.1, -0.05) is 48.5 Å². The highest BCUT2D eigenvalue weighted by Crippen LogP contribution is 2.37. The van der Waals surface area contributed by atoms with Crippen LogP contribution in [-0.2, 0) is 24.0 Å². The predicted octanol–water partition coefficient (Wildman–Crippen LogP) is 8.49. The Morgan fingerprint density at radius 1 is 1.05 bits per heavy atom.